The molecule has 11 heavy (non-hydrogen) atoms. The topological polar surface area (TPSA) is 52.0 Å². The minimum atomic E-state index is 0.0237. The summed E-state index contributed by atoms with van der Waals surface area (Å²) in [6.07, 6.45) is 0. The minimum Gasteiger partial charge on any atom is -0.398 e. The van der Waals surface area contributed by atoms with Crippen LogP contribution in [0.2, 0.25) is 0 Å². The third-order valence-electron chi connectivity index (χ3n) is 1.73. The van der Waals surface area contributed by atoms with Gasteiger partial charge in [0.25, 0.3) is 0 Å². The van der Waals surface area contributed by atoms with Crippen LogP contribution in [0.1, 0.15) is 24.1 Å². The molecule has 2 nitrogen and oxygen atoms in total. The van der Waals surface area contributed by atoms with Crippen LogP contribution in [0.25, 0.3) is 0 Å². The van der Waals surface area contributed by atoms with E-state index >= 15 is 0 Å². The maximum Gasteiger partial charge on any atom is 0.0364 e. The number of rotatable bonds is 1. The average molecular weight is 150 g/mol. The van der Waals surface area contributed by atoms with Crippen molar-refractivity contribution in [3.8, 4) is 0 Å². The fourth-order valence-electron chi connectivity index (χ4n) is 1.11. The zero-order valence-electron chi connectivity index (χ0n) is 6.96. The van der Waals surface area contributed by atoms with Gasteiger partial charge < -0.3 is 11.5 Å². The zero-order valence-corrected chi connectivity index (χ0v) is 6.96. The van der Waals surface area contributed by atoms with E-state index in [1.165, 1.54) is 5.56 Å². The van der Waals surface area contributed by atoms with Gasteiger partial charge in [-0.2, -0.15) is 0 Å². The number of anilines is 1. The van der Waals surface area contributed by atoms with Crippen LogP contribution in [0.15, 0.2) is 18.2 Å². The molecule has 4 N–H and O–H groups in total. The number of hydrogen-bond donors (Lipinski definition) is 2. The lowest BCUT2D eigenvalue weighted by atomic mass is 10.1. The van der Waals surface area contributed by atoms with Gasteiger partial charge in [0.1, 0.15) is 0 Å². The summed E-state index contributed by atoms with van der Waals surface area (Å²) in [6, 6.07) is 5.97. The van der Waals surface area contributed by atoms with Crippen molar-refractivity contribution in [2.45, 2.75) is 19.9 Å². The van der Waals surface area contributed by atoms with Crippen molar-refractivity contribution in [1.29, 1.82) is 0 Å². The van der Waals surface area contributed by atoms with Crippen molar-refractivity contribution >= 4 is 5.69 Å². The standard InChI is InChI=1S/C9H14N2/c1-6-3-4-8(7(2)10)9(11)5-6/h3-5,7H,10-11H2,1-2H3/t7-/m0/s1. The first kappa shape index (κ1) is 8.08. The molecular formula is C9H14N2. The molecule has 0 aromatic heterocycles. The molecule has 1 atom stereocenters. The van der Waals surface area contributed by atoms with E-state index in [4.69, 9.17) is 11.5 Å². The summed E-state index contributed by atoms with van der Waals surface area (Å²) in [4.78, 5) is 0. The number of hydrogen-bond acceptors (Lipinski definition) is 2. The lowest BCUT2D eigenvalue weighted by Gasteiger charge is -2.09. The van der Waals surface area contributed by atoms with Gasteiger partial charge in [-0.3, -0.25) is 0 Å². The minimum absolute atomic E-state index is 0.0237. The average Bonchev–Trinajstić information content (AvgIpc) is 1.85. The highest BCUT2D eigenvalue weighted by molar-refractivity contribution is 5.50. The van der Waals surface area contributed by atoms with Gasteiger partial charge in [0.15, 0.2) is 0 Å². The van der Waals surface area contributed by atoms with Gasteiger partial charge in [-0.15, -0.1) is 0 Å². The monoisotopic (exact) mass is 150 g/mol. The molecule has 1 aromatic carbocycles. The number of benzene rings is 1. The Bertz CT molecular complexity index is 254. The van der Waals surface area contributed by atoms with Crippen molar-refractivity contribution in [3.63, 3.8) is 0 Å². The highest BCUT2D eigenvalue weighted by atomic mass is 14.6. The molecule has 2 heteroatoms. The van der Waals surface area contributed by atoms with E-state index in [2.05, 4.69) is 0 Å². The predicted octanol–water partition coefficient (Wildman–Crippen LogP) is 1.60. The molecule has 0 radical (unpaired) electrons. The maximum absolute atomic E-state index is 5.74. The SMILES string of the molecule is Cc1ccc([C@H](C)N)c(N)c1. The highest BCUT2D eigenvalue weighted by Crippen LogP contribution is 2.18. The Morgan fingerprint density at radius 1 is 1.36 bits per heavy atom. The summed E-state index contributed by atoms with van der Waals surface area (Å²) in [6.45, 7) is 3.95. The summed E-state index contributed by atoms with van der Waals surface area (Å²) in [5.41, 5.74) is 14.4. The lowest BCUT2D eigenvalue weighted by molar-refractivity contribution is 0.821. The van der Waals surface area contributed by atoms with Crippen molar-refractivity contribution in [2.75, 3.05) is 5.73 Å². The molecular weight excluding hydrogens is 136 g/mol. The molecule has 60 valence electrons. The fraction of sp³-hybridized carbons (Fsp3) is 0.333. The molecule has 0 aliphatic heterocycles. The van der Waals surface area contributed by atoms with E-state index < -0.39 is 0 Å². The van der Waals surface area contributed by atoms with Gasteiger partial charge in [-0.1, -0.05) is 12.1 Å². The van der Waals surface area contributed by atoms with Crippen molar-refractivity contribution in [1.82, 2.24) is 0 Å². The Balaban J connectivity index is 3.09. The zero-order chi connectivity index (χ0) is 8.43. The van der Waals surface area contributed by atoms with Gasteiger partial charge in [0.2, 0.25) is 0 Å². The first-order valence-electron chi connectivity index (χ1n) is 3.73. The molecule has 0 aliphatic rings. The molecule has 0 spiro atoms. The molecule has 0 heterocycles. The van der Waals surface area contributed by atoms with E-state index in [-0.39, 0.29) is 6.04 Å². The van der Waals surface area contributed by atoms with Crippen molar-refractivity contribution in [2.24, 2.45) is 5.73 Å². The maximum atomic E-state index is 5.74. The smallest absolute Gasteiger partial charge is 0.0364 e. The molecule has 0 saturated heterocycles. The first-order valence-corrected chi connectivity index (χ1v) is 3.73. The largest absolute Gasteiger partial charge is 0.398 e. The van der Waals surface area contributed by atoms with Gasteiger partial charge in [0, 0.05) is 11.7 Å². The van der Waals surface area contributed by atoms with Crippen LogP contribution in [0.5, 0.6) is 0 Å². The molecule has 1 aromatic rings. The summed E-state index contributed by atoms with van der Waals surface area (Å²) in [7, 11) is 0. The fourth-order valence-corrected chi connectivity index (χ4v) is 1.11. The quantitative estimate of drug-likeness (QED) is 0.597. The Labute approximate surface area is 67.2 Å². The normalized spacial score (nSPS) is 13.0. The Kier molecular flexibility index (Phi) is 2.15. The van der Waals surface area contributed by atoms with Crippen LogP contribution < -0.4 is 11.5 Å². The van der Waals surface area contributed by atoms with Crippen LogP contribution >= 0.6 is 0 Å². The second-order valence-electron chi connectivity index (χ2n) is 2.92. The summed E-state index contributed by atoms with van der Waals surface area (Å²) in [5.74, 6) is 0. The predicted molar refractivity (Wildman–Crippen MR) is 48.2 cm³/mol. The number of aryl methyl sites for hydroxylation is 1. The van der Waals surface area contributed by atoms with Crippen LogP contribution in [0, 0.1) is 6.92 Å². The molecule has 0 fully saturated rings. The second-order valence-corrected chi connectivity index (χ2v) is 2.92. The van der Waals surface area contributed by atoms with Gasteiger partial charge >= 0.3 is 0 Å². The molecule has 0 aliphatic carbocycles. The van der Waals surface area contributed by atoms with Crippen LogP contribution in [-0.2, 0) is 0 Å². The van der Waals surface area contributed by atoms with Crippen LogP contribution in [0.3, 0.4) is 0 Å². The molecule has 0 unspecified atom stereocenters. The third-order valence-corrected chi connectivity index (χ3v) is 1.73. The van der Waals surface area contributed by atoms with Crippen LogP contribution in [0.4, 0.5) is 5.69 Å². The van der Waals surface area contributed by atoms with Crippen LogP contribution in [-0.4, -0.2) is 0 Å². The molecule has 0 bridgehead atoms. The summed E-state index contributed by atoms with van der Waals surface area (Å²) >= 11 is 0. The summed E-state index contributed by atoms with van der Waals surface area (Å²) in [5, 5.41) is 0. The Morgan fingerprint density at radius 2 is 2.00 bits per heavy atom. The number of nitrogen functional groups attached to an aromatic ring is 1. The molecule has 0 saturated carbocycles. The Morgan fingerprint density at radius 3 is 2.45 bits per heavy atom. The Hall–Kier alpha value is -1.02. The second kappa shape index (κ2) is 2.93. The first-order chi connectivity index (χ1) is 5.11. The van der Waals surface area contributed by atoms with Gasteiger partial charge in [-0.05, 0) is 31.0 Å². The van der Waals surface area contributed by atoms with E-state index in [0.29, 0.717) is 0 Å². The van der Waals surface area contributed by atoms with Gasteiger partial charge in [-0.25, -0.2) is 0 Å². The van der Waals surface area contributed by atoms with E-state index in [9.17, 15) is 0 Å². The van der Waals surface area contributed by atoms with Gasteiger partial charge in [0.05, 0.1) is 0 Å². The van der Waals surface area contributed by atoms with Crippen molar-refractivity contribution < 1.29 is 0 Å². The third kappa shape index (κ3) is 1.71. The van der Waals surface area contributed by atoms with E-state index in [1.54, 1.807) is 0 Å². The van der Waals surface area contributed by atoms with Crippen molar-refractivity contribution in [3.05, 3.63) is 29.3 Å². The van der Waals surface area contributed by atoms with E-state index in [1.807, 2.05) is 32.0 Å². The summed E-state index contributed by atoms with van der Waals surface area (Å²) < 4.78 is 0. The number of nitrogens with two attached hydrogens (primary N) is 2. The highest BCUT2D eigenvalue weighted by Gasteiger charge is 2.02. The lowest BCUT2D eigenvalue weighted by Crippen LogP contribution is -2.07. The molecule has 0 amide bonds. The molecule has 1 rings (SSSR count). The van der Waals surface area contributed by atoms with E-state index in [0.717, 1.165) is 11.3 Å².